The Balaban J connectivity index is 1.85. The molecule has 0 saturated heterocycles. The predicted octanol–water partition coefficient (Wildman–Crippen LogP) is 3.12. The molecule has 1 amide bonds. The van der Waals surface area contributed by atoms with Crippen LogP contribution in [-0.2, 0) is 5.54 Å². The molecule has 0 radical (unpaired) electrons. The summed E-state index contributed by atoms with van der Waals surface area (Å²) in [5, 5.41) is 11.8. The van der Waals surface area contributed by atoms with Crippen LogP contribution in [-0.4, -0.2) is 5.91 Å². The lowest BCUT2D eigenvalue weighted by Gasteiger charge is -2.18. The summed E-state index contributed by atoms with van der Waals surface area (Å²) in [4.78, 5) is 12.3. The first-order valence-corrected chi connectivity index (χ1v) is 6.72. The number of carbonyl (C=O) groups is 1. The van der Waals surface area contributed by atoms with E-state index in [2.05, 4.69) is 5.32 Å². The molecule has 0 spiro atoms. The van der Waals surface area contributed by atoms with Crippen molar-refractivity contribution in [3.63, 3.8) is 0 Å². The number of benzene rings is 2. The molecule has 3 nitrogen and oxygen atoms in total. The number of rotatable bonds is 3. The fraction of sp³-hybridized carbons (Fsp3) is 0.176. The molecule has 0 unspecified atom stereocenters. The van der Waals surface area contributed by atoms with Crippen LogP contribution >= 0.6 is 0 Å². The van der Waals surface area contributed by atoms with E-state index in [9.17, 15) is 9.18 Å². The second-order valence-electron chi connectivity index (χ2n) is 5.21. The number of halogens is 1. The van der Waals surface area contributed by atoms with Gasteiger partial charge in [-0.3, -0.25) is 4.79 Å². The van der Waals surface area contributed by atoms with E-state index in [0.717, 1.165) is 12.8 Å². The van der Waals surface area contributed by atoms with E-state index < -0.39 is 5.54 Å². The van der Waals surface area contributed by atoms with Crippen molar-refractivity contribution in [1.29, 1.82) is 5.26 Å². The molecule has 0 heterocycles. The molecule has 0 aromatic heterocycles. The van der Waals surface area contributed by atoms with Crippen LogP contribution < -0.4 is 5.32 Å². The van der Waals surface area contributed by atoms with Crippen LogP contribution in [0.3, 0.4) is 0 Å². The summed E-state index contributed by atoms with van der Waals surface area (Å²) >= 11 is 0. The minimum atomic E-state index is -0.606. The van der Waals surface area contributed by atoms with Gasteiger partial charge in [-0.1, -0.05) is 24.3 Å². The van der Waals surface area contributed by atoms with Crippen molar-refractivity contribution in [2.24, 2.45) is 0 Å². The summed E-state index contributed by atoms with van der Waals surface area (Å²) < 4.78 is 13.9. The standard InChI is InChI=1S/C17H13FN2O/c18-15-7-2-1-6-14(15)17(8-9-17)20-16(21)13-5-3-4-12(10-13)11-19/h1-7,10H,8-9H2,(H,20,21). The predicted molar refractivity (Wildman–Crippen MR) is 75.9 cm³/mol. The van der Waals surface area contributed by atoms with E-state index in [1.165, 1.54) is 12.1 Å². The van der Waals surface area contributed by atoms with Gasteiger partial charge in [0.25, 0.3) is 5.91 Å². The zero-order valence-corrected chi connectivity index (χ0v) is 11.3. The van der Waals surface area contributed by atoms with Crippen molar-refractivity contribution < 1.29 is 9.18 Å². The van der Waals surface area contributed by atoms with E-state index in [-0.39, 0.29) is 11.7 Å². The van der Waals surface area contributed by atoms with Crippen LogP contribution in [0.5, 0.6) is 0 Å². The number of nitriles is 1. The number of hydrogen-bond acceptors (Lipinski definition) is 2. The molecule has 1 fully saturated rings. The summed E-state index contributed by atoms with van der Waals surface area (Å²) in [6.07, 6.45) is 1.44. The van der Waals surface area contributed by atoms with Gasteiger partial charge in [0.15, 0.2) is 0 Å². The number of nitrogens with zero attached hydrogens (tertiary/aromatic N) is 1. The first-order chi connectivity index (χ1) is 10.1. The maximum Gasteiger partial charge on any atom is 0.252 e. The molecule has 2 aromatic carbocycles. The SMILES string of the molecule is N#Cc1cccc(C(=O)NC2(c3ccccc3F)CC2)c1. The van der Waals surface area contributed by atoms with Crippen molar-refractivity contribution in [1.82, 2.24) is 5.32 Å². The molecule has 2 aromatic rings. The van der Waals surface area contributed by atoms with Crippen LogP contribution in [0.4, 0.5) is 4.39 Å². The Labute approximate surface area is 122 Å². The van der Waals surface area contributed by atoms with Gasteiger partial charge in [0, 0.05) is 11.1 Å². The number of amides is 1. The van der Waals surface area contributed by atoms with Crippen molar-refractivity contribution in [2.45, 2.75) is 18.4 Å². The monoisotopic (exact) mass is 280 g/mol. The van der Waals surface area contributed by atoms with Crippen molar-refractivity contribution in [3.8, 4) is 6.07 Å². The maximum atomic E-state index is 13.9. The summed E-state index contributed by atoms with van der Waals surface area (Å²) in [7, 11) is 0. The molecule has 1 saturated carbocycles. The Hall–Kier alpha value is -2.67. The van der Waals surface area contributed by atoms with Gasteiger partial charge >= 0.3 is 0 Å². The van der Waals surface area contributed by atoms with E-state index in [1.54, 1.807) is 36.4 Å². The lowest BCUT2D eigenvalue weighted by atomic mass is 10.0. The van der Waals surface area contributed by atoms with Crippen LogP contribution in [0.15, 0.2) is 48.5 Å². The molecule has 1 aliphatic rings. The smallest absolute Gasteiger partial charge is 0.252 e. The van der Waals surface area contributed by atoms with Gasteiger partial charge in [-0.2, -0.15) is 5.26 Å². The third-order valence-electron chi connectivity index (χ3n) is 3.75. The largest absolute Gasteiger partial charge is 0.342 e. The van der Waals surface area contributed by atoms with Gasteiger partial charge in [0.05, 0.1) is 17.2 Å². The Bertz CT molecular complexity index is 744. The maximum absolute atomic E-state index is 13.9. The van der Waals surface area contributed by atoms with Crippen LogP contribution in [0, 0.1) is 17.1 Å². The molecule has 21 heavy (non-hydrogen) atoms. The molecule has 3 rings (SSSR count). The summed E-state index contributed by atoms with van der Waals surface area (Å²) in [5.41, 5.74) is 0.760. The molecule has 104 valence electrons. The van der Waals surface area contributed by atoms with E-state index >= 15 is 0 Å². The number of hydrogen-bond donors (Lipinski definition) is 1. The highest BCUT2D eigenvalue weighted by Gasteiger charge is 2.47. The fourth-order valence-corrected chi connectivity index (χ4v) is 2.46. The Morgan fingerprint density at radius 2 is 1.95 bits per heavy atom. The van der Waals surface area contributed by atoms with Gasteiger partial charge in [0.1, 0.15) is 5.82 Å². The second-order valence-corrected chi connectivity index (χ2v) is 5.21. The topological polar surface area (TPSA) is 52.9 Å². The Morgan fingerprint density at radius 1 is 1.19 bits per heavy atom. The van der Waals surface area contributed by atoms with Crippen molar-refractivity contribution in [3.05, 3.63) is 71.0 Å². The zero-order chi connectivity index (χ0) is 14.9. The lowest BCUT2D eigenvalue weighted by Crippen LogP contribution is -2.35. The minimum absolute atomic E-state index is 0.284. The van der Waals surface area contributed by atoms with E-state index in [0.29, 0.717) is 16.7 Å². The fourth-order valence-electron chi connectivity index (χ4n) is 2.46. The second kappa shape index (κ2) is 5.02. The van der Waals surface area contributed by atoms with Gasteiger partial charge in [-0.15, -0.1) is 0 Å². The van der Waals surface area contributed by atoms with Gasteiger partial charge in [-0.25, -0.2) is 4.39 Å². The van der Waals surface area contributed by atoms with Crippen molar-refractivity contribution in [2.75, 3.05) is 0 Å². The zero-order valence-electron chi connectivity index (χ0n) is 11.3. The first kappa shape index (κ1) is 13.3. The highest BCUT2D eigenvalue weighted by molar-refractivity contribution is 5.95. The lowest BCUT2D eigenvalue weighted by molar-refractivity contribution is 0.0930. The molecule has 0 atom stereocenters. The molecular formula is C17H13FN2O. The summed E-state index contributed by atoms with van der Waals surface area (Å²) in [6, 6.07) is 15.0. The van der Waals surface area contributed by atoms with Crippen molar-refractivity contribution >= 4 is 5.91 Å². The number of carbonyl (C=O) groups excluding carboxylic acids is 1. The van der Waals surface area contributed by atoms with Gasteiger partial charge in [0.2, 0.25) is 0 Å². The minimum Gasteiger partial charge on any atom is -0.342 e. The Kier molecular flexibility index (Phi) is 3.19. The average molecular weight is 280 g/mol. The summed E-state index contributed by atoms with van der Waals surface area (Å²) in [6.45, 7) is 0. The highest BCUT2D eigenvalue weighted by atomic mass is 19.1. The molecule has 1 N–H and O–H groups in total. The molecule has 1 aliphatic carbocycles. The molecular weight excluding hydrogens is 267 g/mol. The van der Waals surface area contributed by atoms with E-state index in [4.69, 9.17) is 5.26 Å². The van der Waals surface area contributed by atoms with Crippen LogP contribution in [0.1, 0.15) is 34.3 Å². The van der Waals surface area contributed by atoms with E-state index in [1.807, 2.05) is 6.07 Å². The summed E-state index contributed by atoms with van der Waals surface area (Å²) in [5.74, 6) is -0.589. The third kappa shape index (κ3) is 2.50. The average Bonchev–Trinajstić information content (AvgIpc) is 3.28. The van der Waals surface area contributed by atoms with Crippen LogP contribution in [0.2, 0.25) is 0 Å². The number of nitrogens with one attached hydrogen (secondary N) is 1. The molecule has 4 heteroatoms. The first-order valence-electron chi connectivity index (χ1n) is 6.72. The highest BCUT2D eigenvalue weighted by Crippen LogP contribution is 2.46. The van der Waals surface area contributed by atoms with Crippen LogP contribution in [0.25, 0.3) is 0 Å². The van der Waals surface area contributed by atoms with Gasteiger partial charge < -0.3 is 5.32 Å². The Morgan fingerprint density at radius 3 is 2.62 bits per heavy atom. The van der Waals surface area contributed by atoms with Gasteiger partial charge in [-0.05, 0) is 37.1 Å². The third-order valence-corrected chi connectivity index (χ3v) is 3.75. The normalized spacial score (nSPS) is 15.0. The molecule has 0 bridgehead atoms. The quantitative estimate of drug-likeness (QED) is 0.939. The molecule has 0 aliphatic heterocycles.